The molecule has 1 N–H and O–H groups in total. The van der Waals surface area contributed by atoms with Gasteiger partial charge in [-0.1, -0.05) is 18.6 Å². The zero-order valence-electron chi connectivity index (χ0n) is 13.2. The van der Waals surface area contributed by atoms with Crippen LogP contribution in [0.4, 0.5) is 0 Å². The molecule has 0 amide bonds. The molecule has 1 unspecified atom stereocenters. The van der Waals surface area contributed by atoms with Crippen molar-refractivity contribution in [2.75, 3.05) is 6.54 Å². The van der Waals surface area contributed by atoms with E-state index in [0.29, 0.717) is 5.41 Å². The molecule has 0 saturated heterocycles. The lowest BCUT2D eigenvalue weighted by Crippen LogP contribution is -2.56. The SMILES string of the molecule is CCCNC(C1=CCCC1)C12CC3CC(CC(C3)C1)C2. The second kappa shape index (κ2) is 5.16. The second-order valence-electron chi connectivity index (χ2n) is 8.34. The van der Waals surface area contributed by atoms with E-state index in [0.717, 1.165) is 23.8 Å². The van der Waals surface area contributed by atoms with Gasteiger partial charge in [-0.25, -0.2) is 0 Å². The predicted molar refractivity (Wildman–Crippen MR) is 84.6 cm³/mol. The van der Waals surface area contributed by atoms with Crippen LogP contribution in [0.3, 0.4) is 0 Å². The molecule has 20 heavy (non-hydrogen) atoms. The van der Waals surface area contributed by atoms with Gasteiger partial charge in [0, 0.05) is 6.04 Å². The van der Waals surface area contributed by atoms with E-state index >= 15 is 0 Å². The van der Waals surface area contributed by atoms with E-state index in [1.165, 1.54) is 32.2 Å². The monoisotopic (exact) mass is 273 g/mol. The van der Waals surface area contributed by atoms with Crippen molar-refractivity contribution in [1.29, 1.82) is 0 Å². The topological polar surface area (TPSA) is 12.0 Å². The fraction of sp³-hybridized carbons (Fsp3) is 0.895. The Balaban J connectivity index is 1.61. The predicted octanol–water partition coefficient (Wildman–Crippen LogP) is 4.68. The zero-order valence-corrected chi connectivity index (χ0v) is 13.2. The highest BCUT2D eigenvalue weighted by molar-refractivity contribution is 5.22. The van der Waals surface area contributed by atoms with Gasteiger partial charge in [-0.2, -0.15) is 0 Å². The summed E-state index contributed by atoms with van der Waals surface area (Å²) in [5.74, 6) is 3.23. The molecule has 0 radical (unpaired) electrons. The first kappa shape index (κ1) is 13.4. The van der Waals surface area contributed by atoms with Gasteiger partial charge in [0.15, 0.2) is 0 Å². The molecule has 4 fully saturated rings. The van der Waals surface area contributed by atoms with Gasteiger partial charge in [-0.3, -0.25) is 0 Å². The molecule has 0 aromatic heterocycles. The molecule has 4 saturated carbocycles. The van der Waals surface area contributed by atoms with Crippen LogP contribution in [0.1, 0.15) is 71.1 Å². The molecule has 5 aliphatic rings. The molecule has 4 bridgehead atoms. The molecular weight excluding hydrogens is 242 g/mol. The van der Waals surface area contributed by atoms with Crippen LogP contribution in [0.25, 0.3) is 0 Å². The first-order valence-electron chi connectivity index (χ1n) is 9.21. The summed E-state index contributed by atoms with van der Waals surface area (Å²) in [5.41, 5.74) is 2.44. The number of allylic oxidation sites excluding steroid dienone is 1. The summed E-state index contributed by atoms with van der Waals surface area (Å²) in [4.78, 5) is 0. The van der Waals surface area contributed by atoms with Gasteiger partial charge in [-0.05, 0) is 93.9 Å². The summed E-state index contributed by atoms with van der Waals surface area (Å²) in [6.07, 6.45) is 17.3. The number of nitrogens with one attached hydrogen (secondary N) is 1. The average Bonchev–Trinajstić information content (AvgIpc) is 2.91. The van der Waals surface area contributed by atoms with Crippen molar-refractivity contribution < 1.29 is 0 Å². The minimum atomic E-state index is 0.653. The summed E-state index contributed by atoms with van der Waals surface area (Å²) in [7, 11) is 0. The molecule has 0 aliphatic heterocycles. The van der Waals surface area contributed by atoms with Gasteiger partial charge in [0.2, 0.25) is 0 Å². The van der Waals surface area contributed by atoms with Crippen molar-refractivity contribution in [1.82, 2.24) is 5.32 Å². The van der Waals surface area contributed by atoms with Crippen LogP contribution < -0.4 is 5.32 Å². The van der Waals surface area contributed by atoms with Crippen molar-refractivity contribution in [2.24, 2.45) is 23.2 Å². The minimum Gasteiger partial charge on any atom is -0.310 e. The van der Waals surface area contributed by atoms with E-state index in [4.69, 9.17) is 0 Å². The van der Waals surface area contributed by atoms with Crippen molar-refractivity contribution in [3.05, 3.63) is 11.6 Å². The van der Waals surface area contributed by atoms with Crippen molar-refractivity contribution in [3.63, 3.8) is 0 Å². The minimum absolute atomic E-state index is 0.653. The molecule has 0 aromatic rings. The van der Waals surface area contributed by atoms with Gasteiger partial charge >= 0.3 is 0 Å². The lowest BCUT2D eigenvalue weighted by molar-refractivity contribution is -0.0672. The Morgan fingerprint density at radius 3 is 2.30 bits per heavy atom. The van der Waals surface area contributed by atoms with E-state index in [-0.39, 0.29) is 0 Å². The number of hydrogen-bond donors (Lipinski definition) is 1. The normalized spacial score (nSPS) is 43.9. The molecule has 112 valence electrons. The molecule has 1 nitrogen and oxygen atoms in total. The molecule has 5 rings (SSSR count). The van der Waals surface area contributed by atoms with Gasteiger partial charge in [0.1, 0.15) is 0 Å². The van der Waals surface area contributed by atoms with Crippen LogP contribution in [0.2, 0.25) is 0 Å². The Labute approximate surface area is 124 Å². The number of hydrogen-bond acceptors (Lipinski definition) is 1. The quantitative estimate of drug-likeness (QED) is 0.717. The average molecular weight is 273 g/mol. The molecular formula is C19H31N. The van der Waals surface area contributed by atoms with Gasteiger partial charge in [-0.15, -0.1) is 0 Å². The Morgan fingerprint density at radius 2 is 1.80 bits per heavy atom. The van der Waals surface area contributed by atoms with E-state index in [1.807, 2.05) is 0 Å². The van der Waals surface area contributed by atoms with Crippen LogP contribution in [-0.2, 0) is 0 Å². The third kappa shape index (κ3) is 2.17. The van der Waals surface area contributed by atoms with Gasteiger partial charge < -0.3 is 5.32 Å². The molecule has 1 heteroatoms. The van der Waals surface area contributed by atoms with Crippen LogP contribution in [-0.4, -0.2) is 12.6 Å². The summed E-state index contributed by atoms with van der Waals surface area (Å²) in [6, 6.07) is 0.735. The van der Waals surface area contributed by atoms with Crippen LogP contribution >= 0.6 is 0 Å². The molecule has 0 heterocycles. The molecule has 1 atom stereocenters. The lowest BCUT2D eigenvalue weighted by Gasteiger charge is -2.60. The van der Waals surface area contributed by atoms with E-state index in [1.54, 1.807) is 44.1 Å². The van der Waals surface area contributed by atoms with Crippen LogP contribution in [0, 0.1) is 23.2 Å². The summed E-state index contributed by atoms with van der Waals surface area (Å²) in [5, 5.41) is 4.00. The van der Waals surface area contributed by atoms with E-state index in [2.05, 4.69) is 18.3 Å². The molecule has 5 aliphatic carbocycles. The smallest absolute Gasteiger partial charge is 0.0336 e. The van der Waals surface area contributed by atoms with Gasteiger partial charge in [0.25, 0.3) is 0 Å². The third-order valence-corrected chi connectivity index (χ3v) is 6.74. The zero-order chi connectivity index (χ0) is 13.6. The maximum atomic E-state index is 4.00. The Hall–Kier alpha value is -0.300. The number of rotatable bonds is 5. The maximum Gasteiger partial charge on any atom is 0.0336 e. The van der Waals surface area contributed by atoms with Crippen LogP contribution in [0.15, 0.2) is 11.6 Å². The summed E-state index contributed by atoms with van der Waals surface area (Å²) in [6.45, 7) is 3.52. The first-order chi connectivity index (χ1) is 9.79. The van der Waals surface area contributed by atoms with Gasteiger partial charge in [0.05, 0.1) is 0 Å². The third-order valence-electron chi connectivity index (χ3n) is 6.74. The highest BCUT2D eigenvalue weighted by atomic mass is 14.9. The largest absolute Gasteiger partial charge is 0.310 e. The fourth-order valence-electron chi connectivity index (χ4n) is 6.52. The van der Waals surface area contributed by atoms with Crippen molar-refractivity contribution in [3.8, 4) is 0 Å². The summed E-state index contributed by atoms with van der Waals surface area (Å²) < 4.78 is 0. The highest BCUT2D eigenvalue weighted by Crippen LogP contribution is 2.62. The Morgan fingerprint density at radius 1 is 1.15 bits per heavy atom. The summed E-state index contributed by atoms with van der Waals surface area (Å²) >= 11 is 0. The first-order valence-corrected chi connectivity index (χ1v) is 9.21. The second-order valence-corrected chi connectivity index (χ2v) is 8.34. The lowest BCUT2D eigenvalue weighted by atomic mass is 9.47. The highest BCUT2D eigenvalue weighted by Gasteiger charge is 2.54. The molecule has 0 spiro atoms. The Bertz CT molecular complexity index is 359. The Kier molecular flexibility index (Phi) is 3.45. The fourth-order valence-corrected chi connectivity index (χ4v) is 6.52. The van der Waals surface area contributed by atoms with E-state index in [9.17, 15) is 0 Å². The van der Waals surface area contributed by atoms with Crippen molar-refractivity contribution in [2.45, 2.75) is 77.2 Å². The standard InChI is InChI=1S/C19H31N/c1-2-7-20-18(17-5-3-4-6-17)19-11-14-8-15(12-19)10-16(9-14)13-19/h5,14-16,18,20H,2-4,6-13H2,1H3. The van der Waals surface area contributed by atoms with Crippen molar-refractivity contribution >= 4 is 0 Å². The molecule has 0 aromatic carbocycles. The van der Waals surface area contributed by atoms with E-state index < -0.39 is 0 Å². The maximum absolute atomic E-state index is 4.00. The van der Waals surface area contributed by atoms with Crippen LogP contribution in [0.5, 0.6) is 0 Å².